The Labute approximate surface area is 104 Å². The number of β-amino-alcohol motifs (C(OH)–C–C–N with tert-alkyl or cyclic N) is 1. The largest absolute Gasteiger partial charge is 0.480 e. The van der Waals surface area contributed by atoms with Crippen molar-refractivity contribution in [3.63, 3.8) is 0 Å². The zero-order valence-corrected chi connectivity index (χ0v) is 10.4. The highest BCUT2D eigenvalue weighted by atomic mass is 32.2. The molecule has 1 unspecified atom stereocenters. The van der Waals surface area contributed by atoms with Crippen LogP contribution < -0.4 is 0 Å². The van der Waals surface area contributed by atoms with E-state index in [1.165, 1.54) is 17.1 Å². The van der Waals surface area contributed by atoms with E-state index in [1.54, 1.807) is 7.05 Å². The van der Waals surface area contributed by atoms with Gasteiger partial charge in [0.15, 0.2) is 5.03 Å². The van der Waals surface area contributed by atoms with E-state index in [0.29, 0.717) is 0 Å². The molecule has 0 amide bonds. The Morgan fingerprint density at radius 2 is 2.22 bits per heavy atom. The summed E-state index contributed by atoms with van der Waals surface area (Å²) < 4.78 is 26.6. The molecule has 1 aliphatic rings. The molecule has 0 bridgehead atoms. The van der Waals surface area contributed by atoms with Crippen molar-refractivity contribution in [1.82, 2.24) is 13.9 Å². The number of rotatable bonds is 3. The molecular formula is C9H13N3O5S. The summed E-state index contributed by atoms with van der Waals surface area (Å²) in [6, 6.07) is -1.24. The number of aliphatic hydroxyl groups is 1. The van der Waals surface area contributed by atoms with Gasteiger partial charge >= 0.3 is 5.97 Å². The van der Waals surface area contributed by atoms with Crippen molar-refractivity contribution >= 4 is 16.0 Å². The lowest BCUT2D eigenvalue weighted by atomic mass is 10.2. The van der Waals surface area contributed by atoms with Crippen molar-refractivity contribution in [3.05, 3.63) is 12.5 Å². The summed E-state index contributed by atoms with van der Waals surface area (Å²) in [5.74, 6) is -1.27. The quantitative estimate of drug-likeness (QED) is 0.703. The van der Waals surface area contributed by atoms with Crippen molar-refractivity contribution < 1.29 is 23.4 Å². The van der Waals surface area contributed by atoms with Crippen molar-refractivity contribution in [2.24, 2.45) is 7.05 Å². The number of aromatic nitrogens is 2. The fourth-order valence-electron chi connectivity index (χ4n) is 1.92. The molecule has 1 aromatic rings. The number of imidazole rings is 1. The van der Waals surface area contributed by atoms with Crippen LogP contribution in [-0.4, -0.2) is 57.1 Å². The first-order valence-corrected chi connectivity index (χ1v) is 6.67. The van der Waals surface area contributed by atoms with Gasteiger partial charge in [-0.25, -0.2) is 13.4 Å². The SMILES string of the molecule is Cn1cnc(S(=O)(=O)N2CC(O)C[C@H]2C(=O)O)c1. The fraction of sp³-hybridized carbons (Fsp3) is 0.556. The number of sulfonamides is 1. The Balaban J connectivity index is 2.38. The summed E-state index contributed by atoms with van der Waals surface area (Å²) in [7, 11) is -2.37. The van der Waals surface area contributed by atoms with Crippen LogP contribution >= 0.6 is 0 Å². The molecule has 9 heteroatoms. The molecule has 0 saturated carbocycles. The van der Waals surface area contributed by atoms with Crippen LogP contribution in [0.2, 0.25) is 0 Å². The van der Waals surface area contributed by atoms with Gasteiger partial charge in [0.05, 0.1) is 12.4 Å². The van der Waals surface area contributed by atoms with E-state index < -0.39 is 28.1 Å². The van der Waals surface area contributed by atoms with Gasteiger partial charge in [0.2, 0.25) is 0 Å². The minimum Gasteiger partial charge on any atom is -0.480 e. The van der Waals surface area contributed by atoms with Gasteiger partial charge in [-0.15, -0.1) is 0 Å². The molecule has 18 heavy (non-hydrogen) atoms. The maximum atomic E-state index is 12.2. The predicted octanol–water partition coefficient (Wildman–Crippen LogP) is -1.37. The van der Waals surface area contributed by atoms with Crippen LogP contribution in [0.5, 0.6) is 0 Å². The van der Waals surface area contributed by atoms with E-state index in [0.717, 1.165) is 4.31 Å². The maximum Gasteiger partial charge on any atom is 0.322 e. The lowest BCUT2D eigenvalue weighted by Gasteiger charge is -2.19. The molecule has 0 radical (unpaired) electrons. The second-order valence-corrected chi connectivity index (χ2v) is 6.03. The van der Waals surface area contributed by atoms with Crippen LogP contribution in [0.4, 0.5) is 0 Å². The summed E-state index contributed by atoms with van der Waals surface area (Å²) in [6.07, 6.45) is 1.53. The topological polar surface area (TPSA) is 113 Å². The van der Waals surface area contributed by atoms with E-state index in [1.807, 2.05) is 0 Å². The molecule has 0 aromatic carbocycles. The lowest BCUT2D eigenvalue weighted by molar-refractivity contribution is -0.140. The molecule has 1 fully saturated rings. The normalized spacial score (nSPS) is 25.4. The second-order valence-electron chi connectivity index (χ2n) is 4.20. The molecule has 0 aliphatic carbocycles. The van der Waals surface area contributed by atoms with E-state index in [2.05, 4.69) is 4.98 Å². The molecule has 2 heterocycles. The zero-order valence-electron chi connectivity index (χ0n) is 9.59. The van der Waals surface area contributed by atoms with E-state index >= 15 is 0 Å². The van der Waals surface area contributed by atoms with E-state index in [4.69, 9.17) is 5.11 Å². The van der Waals surface area contributed by atoms with Crippen LogP contribution in [-0.2, 0) is 21.9 Å². The monoisotopic (exact) mass is 275 g/mol. The molecule has 2 N–H and O–H groups in total. The standard InChI is InChI=1S/C9H13N3O5S/c1-11-4-8(10-5-11)18(16,17)12-3-6(13)2-7(12)9(14)15/h4-7,13H,2-3H2,1H3,(H,14,15)/t6?,7-/m0/s1. The van der Waals surface area contributed by atoms with Gasteiger partial charge in [0, 0.05) is 26.2 Å². The first-order valence-electron chi connectivity index (χ1n) is 5.23. The average Bonchev–Trinajstić information content (AvgIpc) is 2.84. The van der Waals surface area contributed by atoms with E-state index in [9.17, 15) is 18.3 Å². The number of aliphatic hydroxyl groups excluding tert-OH is 1. The Morgan fingerprint density at radius 1 is 1.56 bits per heavy atom. The summed E-state index contributed by atoms with van der Waals surface area (Å²) in [6.45, 7) is -0.226. The molecular weight excluding hydrogens is 262 g/mol. The Kier molecular flexibility index (Phi) is 3.13. The molecule has 1 aliphatic heterocycles. The summed E-state index contributed by atoms with van der Waals surface area (Å²) in [4.78, 5) is 14.7. The molecule has 2 atom stereocenters. The molecule has 2 rings (SSSR count). The van der Waals surface area contributed by atoms with Gasteiger partial charge in [0.1, 0.15) is 6.04 Å². The van der Waals surface area contributed by atoms with Gasteiger partial charge in [0.25, 0.3) is 10.0 Å². The number of hydrogen-bond acceptors (Lipinski definition) is 5. The highest BCUT2D eigenvalue weighted by molar-refractivity contribution is 7.89. The lowest BCUT2D eigenvalue weighted by Crippen LogP contribution is -2.40. The Hall–Kier alpha value is -1.45. The average molecular weight is 275 g/mol. The van der Waals surface area contributed by atoms with Gasteiger partial charge in [-0.2, -0.15) is 4.31 Å². The third-order valence-electron chi connectivity index (χ3n) is 2.77. The first kappa shape index (κ1) is 13.0. The smallest absolute Gasteiger partial charge is 0.322 e. The third kappa shape index (κ3) is 2.11. The maximum absolute atomic E-state index is 12.2. The van der Waals surface area contributed by atoms with Gasteiger partial charge < -0.3 is 14.8 Å². The summed E-state index contributed by atoms with van der Waals surface area (Å²) >= 11 is 0. The highest BCUT2D eigenvalue weighted by Crippen LogP contribution is 2.25. The van der Waals surface area contributed by atoms with E-state index in [-0.39, 0.29) is 18.0 Å². The number of carboxylic acids is 1. The number of carboxylic acid groups (broad SMARTS) is 1. The molecule has 1 saturated heterocycles. The van der Waals surface area contributed by atoms with Crippen LogP contribution in [0.25, 0.3) is 0 Å². The number of nitrogens with zero attached hydrogens (tertiary/aromatic N) is 3. The van der Waals surface area contributed by atoms with Crippen LogP contribution in [0, 0.1) is 0 Å². The highest BCUT2D eigenvalue weighted by Gasteiger charge is 2.44. The Morgan fingerprint density at radius 3 is 2.72 bits per heavy atom. The molecule has 8 nitrogen and oxygen atoms in total. The number of hydrogen-bond donors (Lipinski definition) is 2. The zero-order chi connectivity index (χ0) is 13.5. The fourth-order valence-corrected chi connectivity index (χ4v) is 3.52. The van der Waals surface area contributed by atoms with Crippen molar-refractivity contribution in [1.29, 1.82) is 0 Å². The minimum absolute atomic E-state index is 0.110. The summed E-state index contributed by atoms with van der Waals surface area (Å²) in [5.41, 5.74) is 0. The van der Waals surface area contributed by atoms with Crippen molar-refractivity contribution in [3.8, 4) is 0 Å². The Bertz CT molecular complexity index is 567. The number of aliphatic carboxylic acids is 1. The first-order chi connectivity index (χ1) is 8.32. The molecule has 0 spiro atoms. The van der Waals surface area contributed by atoms with Crippen molar-refractivity contribution in [2.75, 3.05) is 6.54 Å². The van der Waals surface area contributed by atoms with Crippen LogP contribution in [0.3, 0.4) is 0 Å². The van der Waals surface area contributed by atoms with Crippen molar-refractivity contribution in [2.45, 2.75) is 23.6 Å². The predicted molar refractivity (Wildman–Crippen MR) is 59.1 cm³/mol. The number of carbonyl (C=O) groups is 1. The summed E-state index contributed by atoms with van der Waals surface area (Å²) in [5, 5.41) is 18.2. The van der Waals surface area contributed by atoms with Gasteiger partial charge in [-0.1, -0.05) is 0 Å². The molecule has 1 aromatic heterocycles. The second kappa shape index (κ2) is 4.34. The molecule has 100 valence electrons. The van der Waals surface area contributed by atoms with Crippen LogP contribution in [0.1, 0.15) is 6.42 Å². The van der Waals surface area contributed by atoms with Gasteiger partial charge in [-0.05, 0) is 0 Å². The third-order valence-corrected chi connectivity index (χ3v) is 4.53. The van der Waals surface area contributed by atoms with Gasteiger partial charge in [-0.3, -0.25) is 4.79 Å². The number of aryl methyl sites for hydroxylation is 1. The van der Waals surface area contributed by atoms with Crippen LogP contribution in [0.15, 0.2) is 17.6 Å². The minimum atomic E-state index is -3.98.